The van der Waals surface area contributed by atoms with E-state index in [9.17, 15) is 18.0 Å². The number of ether oxygens (including phenoxy) is 1. The van der Waals surface area contributed by atoms with Crippen LogP contribution in [0.25, 0.3) is 5.69 Å². The zero-order valence-electron chi connectivity index (χ0n) is 15.5. The normalized spacial score (nSPS) is 16.1. The largest absolute Gasteiger partial charge is 0.413 e. The molecule has 1 unspecified atom stereocenters. The summed E-state index contributed by atoms with van der Waals surface area (Å²) in [5.41, 5.74) is 0.966. The van der Waals surface area contributed by atoms with Gasteiger partial charge in [-0.25, -0.2) is 4.68 Å². The van der Waals surface area contributed by atoms with E-state index in [1.807, 2.05) is 31.2 Å². The molecule has 1 amide bonds. The molecule has 5 nitrogen and oxygen atoms in total. The third-order valence-electron chi connectivity index (χ3n) is 4.94. The number of methoxy groups -OCH3 is 1. The summed E-state index contributed by atoms with van der Waals surface area (Å²) < 4.78 is 46.7. The Balaban J connectivity index is 2.00. The summed E-state index contributed by atoms with van der Waals surface area (Å²) in [6, 6.07) is 7.57. The zero-order chi connectivity index (χ0) is 19.8. The number of aryl methyl sites for hydroxylation is 1. The fourth-order valence-electron chi connectivity index (χ4n) is 3.41. The summed E-state index contributed by atoms with van der Waals surface area (Å²) in [7, 11) is 1.17. The summed E-state index contributed by atoms with van der Waals surface area (Å²) >= 11 is 0. The molecule has 0 saturated carbocycles. The Bertz CT molecular complexity index is 860. The van der Waals surface area contributed by atoms with Crippen LogP contribution in [0.4, 0.5) is 13.2 Å². The van der Waals surface area contributed by atoms with Crippen molar-refractivity contribution in [1.29, 1.82) is 0 Å². The smallest absolute Gasteiger partial charge is 0.382 e. The standard InChI is InChI=1S/C19H22F3N3O2/c1-12-7-4-5-9-14(12)25-15-10-6-8-13(15)16(24-25)17(26)23-18(2,11-27-3)19(20,21)22/h4-5,7,9H,6,8,10-11H2,1-3H3,(H,23,26). The van der Waals surface area contributed by atoms with Gasteiger partial charge in [0.2, 0.25) is 0 Å². The van der Waals surface area contributed by atoms with Gasteiger partial charge in [-0.2, -0.15) is 18.3 Å². The minimum atomic E-state index is -4.65. The number of carbonyl (C=O) groups is 1. The Kier molecular flexibility index (Phi) is 5.03. The van der Waals surface area contributed by atoms with Crippen LogP contribution in [0.3, 0.4) is 0 Å². The highest BCUT2D eigenvalue weighted by atomic mass is 19.4. The summed E-state index contributed by atoms with van der Waals surface area (Å²) in [6.07, 6.45) is -2.45. The molecule has 1 aromatic heterocycles. The second-order valence-corrected chi connectivity index (χ2v) is 7.04. The van der Waals surface area contributed by atoms with E-state index in [4.69, 9.17) is 4.74 Å². The van der Waals surface area contributed by atoms with Gasteiger partial charge in [0, 0.05) is 18.4 Å². The van der Waals surface area contributed by atoms with Crippen molar-refractivity contribution in [1.82, 2.24) is 15.1 Å². The highest BCUT2D eigenvalue weighted by Gasteiger charge is 2.52. The Hall–Kier alpha value is -2.35. The van der Waals surface area contributed by atoms with Gasteiger partial charge >= 0.3 is 6.18 Å². The number of hydrogen-bond acceptors (Lipinski definition) is 3. The quantitative estimate of drug-likeness (QED) is 0.864. The molecule has 146 valence electrons. The Labute approximate surface area is 155 Å². The van der Waals surface area contributed by atoms with Crippen LogP contribution in [-0.4, -0.2) is 41.1 Å². The highest BCUT2D eigenvalue weighted by molar-refractivity contribution is 5.95. The van der Waals surface area contributed by atoms with E-state index < -0.39 is 24.2 Å². The zero-order valence-corrected chi connectivity index (χ0v) is 15.5. The summed E-state index contributed by atoms with van der Waals surface area (Å²) in [6.45, 7) is 2.16. The molecule has 0 bridgehead atoms. The number of nitrogens with zero attached hydrogens (tertiary/aromatic N) is 2. The van der Waals surface area contributed by atoms with Gasteiger partial charge in [-0.1, -0.05) is 18.2 Å². The molecule has 27 heavy (non-hydrogen) atoms. The predicted molar refractivity (Wildman–Crippen MR) is 94.1 cm³/mol. The van der Waals surface area contributed by atoms with E-state index in [-0.39, 0.29) is 5.69 Å². The number of alkyl halides is 3. The van der Waals surface area contributed by atoms with Crippen LogP contribution in [0.5, 0.6) is 0 Å². The first kappa shape index (κ1) is 19.4. The molecule has 8 heteroatoms. The number of carbonyl (C=O) groups excluding carboxylic acids is 1. The Morgan fingerprint density at radius 1 is 1.30 bits per heavy atom. The van der Waals surface area contributed by atoms with Crippen LogP contribution in [0.15, 0.2) is 24.3 Å². The van der Waals surface area contributed by atoms with Crippen molar-refractivity contribution in [3.8, 4) is 5.69 Å². The van der Waals surface area contributed by atoms with Gasteiger partial charge in [-0.05, 0) is 44.7 Å². The average molecular weight is 381 g/mol. The number of halogens is 3. The number of rotatable bonds is 5. The number of para-hydroxylation sites is 1. The molecule has 1 aromatic carbocycles. The van der Waals surface area contributed by atoms with Crippen LogP contribution < -0.4 is 5.32 Å². The van der Waals surface area contributed by atoms with E-state index in [1.54, 1.807) is 4.68 Å². The van der Waals surface area contributed by atoms with Gasteiger partial charge in [0.25, 0.3) is 5.91 Å². The fraction of sp³-hybridized carbons (Fsp3) is 0.474. The number of hydrogen-bond donors (Lipinski definition) is 1. The molecule has 1 heterocycles. The second kappa shape index (κ2) is 6.99. The lowest BCUT2D eigenvalue weighted by Crippen LogP contribution is -2.59. The topological polar surface area (TPSA) is 56.1 Å². The summed E-state index contributed by atoms with van der Waals surface area (Å²) in [4.78, 5) is 12.7. The number of aromatic nitrogens is 2. The predicted octanol–water partition coefficient (Wildman–Crippen LogP) is 3.37. The van der Waals surface area contributed by atoms with E-state index in [1.165, 1.54) is 7.11 Å². The molecule has 1 atom stereocenters. The Morgan fingerprint density at radius 3 is 2.63 bits per heavy atom. The van der Waals surface area contributed by atoms with Crippen LogP contribution in [-0.2, 0) is 17.6 Å². The SMILES string of the molecule is COCC(C)(NC(=O)c1nn(-c2ccccc2C)c2c1CCC2)C(F)(F)F. The van der Waals surface area contributed by atoms with Crippen molar-refractivity contribution in [2.24, 2.45) is 0 Å². The first-order chi connectivity index (χ1) is 12.7. The van der Waals surface area contributed by atoms with Crippen molar-refractivity contribution in [3.05, 3.63) is 46.8 Å². The monoisotopic (exact) mass is 381 g/mol. The first-order valence-corrected chi connectivity index (χ1v) is 8.73. The molecule has 0 radical (unpaired) electrons. The van der Waals surface area contributed by atoms with Crippen molar-refractivity contribution < 1.29 is 22.7 Å². The van der Waals surface area contributed by atoms with Gasteiger partial charge in [0.1, 0.15) is 0 Å². The summed E-state index contributed by atoms with van der Waals surface area (Å²) in [5, 5.41) is 6.48. The molecule has 3 rings (SSSR count). The summed E-state index contributed by atoms with van der Waals surface area (Å²) in [5.74, 6) is -0.836. The van der Waals surface area contributed by atoms with Crippen LogP contribution in [0, 0.1) is 6.92 Å². The highest BCUT2D eigenvalue weighted by Crippen LogP contribution is 2.32. The molecule has 0 spiro atoms. The van der Waals surface area contributed by atoms with Gasteiger partial charge in [0.15, 0.2) is 11.2 Å². The van der Waals surface area contributed by atoms with Crippen LogP contribution >= 0.6 is 0 Å². The molecular weight excluding hydrogens is 359 g/mol. The minimum Gasteiger partial charge on any atom is -0.382 e. The molecule has 1 N–H and O–H groups in total. The first-order valence-electron chi connectivity index (χ1n) is 8.73. The molecule has 1 aliphatic carbocycles. The maximum atomic E-state index is 13.4. The molecular formula is C19H22F3N3O2. The molecule has 1 aliphatic rings. The third kappa shape index (κ3) is 3.45. The average Bonchev–Trinajstić information content (AvgIpc) is 3.17. The minimum absolute atomic E-state index is 0.0531. The fourth-order valence-corrected chi connectivity index (χ4v) is 3.41. The lowest BCUT2D eigenvalue weighted by atomic mass is 10.0. The van der Waals surface area contributed by atoms with E-state index in [2.05, 4.69) is 10.4 Å². The van der Waals surface area contributed by atoms with E-state index in [0.717, 1.165) is 42.3 Å². The van der Waals surface area contributed by atoms with Crippen molar-refractivity contribution in [3.63, 3.8) is 0 Å². The van der Waals surface area contributed by atoms with Gasteiger partial charge in [-0.3, -0.25) is 4.79 Å². The number of nitrogens with one attached hydrogen (secondary N) is 1. The third-order valence-corrected chi connectivity index (χ3v) is 4.94. The van der Waals surface area contributed by atoms with Crippen molar-refractivity contribution >= 4 is 5.91 Å². The molecule has 2 aromatic rings. The number of benzene rings is 1. The lowest BCUT2D eigenvalue weighted by molar-refractivity contribution is -0.200. The van der Waals surface area contributed by atoms with Crippen molar-refractivity contribution in [2.75, 3.05) is 13.7 Å². The maximum absolute atomic E-state index is 13.4. The van der Waals surface area contributed by atoms with E-state index >= 15 is 0 Å². The lowest BCUT2D eigenvalue weighted by Gasteiger charge is -2.32. The molecule has 0 aliphatic heterocycles. The number of amides is 1. The molecule has 0 saturated heterocycles. The van der Waals surface area contributed by atoms with Crippen molar-refractivity contribution in [2.45, 2.75) is 44.8 Å². The molecule has 0 fully saturated rings. The van der Waals surface area contributed by atoms with Gasteiger partial charge < -0.3 is 10.1 Å². The maximum Gasteiger partial charge on any atom is 0.413 e. The van der Waals surface area contributed by atoms with Crippen LogP contribution in [0.1, 0.15) is 40.7 Å². The van der Waals surface area contributed by atoms with Gasteiger partial charge in [-0.15, -0.1) is 0 Å². The van der Waals surface area contributed by atoms with Gasteiger partial charge in [0.05, 0.1) is 12.3 Å². The Morgan fingerprint density at radius 2 is 2.00 bits per heavy atom. The second-order valence-electron chi connectivity index (χ2n) is 7.04. The van der Waals surface area contributed by atoms with Crippen LogP contribution in [0.2, 0.25) is 0 Å². The number of fused-ring (bicyclic) bond motifs is 1. The van der Waals surface area contributed by atoms with E-state index in [0.29, 0.717) is 6.42 Å².